The number of nitrogens with zero attached hydrogens (tertiary/aromatic N) is 4. The van der Waals surface area contributed by atoms with Gasteiger partial charge in [0.1, 0.15) is 0 Å². The van der Waals surface area contributed by atoms with Gasteiger partial charge in [-0.25, -0.2) is 19.9 Å². The molecular weight excluding hydrogens is 1140 g/mol. The Labute approximate surface area is 540 Å². The van der Waals surface area contributed by atoms with E-state index in [-0.39, 0.29) is 0 Å². The van der Waals surface area contributed by atoms with Crippen LogP contribution in [-0.2, 0) is 35.2 Å². The molecule has 5 aromatic carbocycles. The van der Waals surface area contributed by atoms with Crippen LogP contribution in [0.15, 0.2) is 188 Å². The molecule has 0 atom stereocenters. The maximum absolute atomic E-state index is 6.19. The van der Waals surface area contributed by atoms with Gasteiger partial charge in [-0.3, -0.25) is 0 Å². The predicted molar refractivity (Wildman–Crippen MR) is 385 cm³/mol. The first-order valence-corrected chi connectivity index (χ1v) is 32.2. The summed E-state index contributed by atoms with van der Waals surface area (Å²) in [6.45, 7) is 8.55. The van der Waals surface area contributed by atoms with Crippen LogP contribution in [0, 0.1) is 0 Å². The summed E-state index contributed by atoms with van der Waals surface area (Å²) in [7, 11) is 3.57. The van der Waals surface area contributed by atoms with Crippen LogP contribution in [0.1, 0.15) is 107 Å². The molecule has 10 heterocycles. The van der Waals surface area contributed by atoms with E-state index in [1.165, 1.54) is 11.1 Å². The number of fused-ring (bicyclic) bond motifs is 17. The van der Waals surface area contributed by atoms with E-state index in [1.54, 1.807) is 14.2 Å². The molecule has 4 N–H and O–H groups in total. The average Bonchev–Trinajstić information content (AvgIpc) is 1.87. The maximum atomic E-state index is 6.19. The molecule has 10 heteroatoms. The summed E-state index contributed by atoms with van der Waals surface area (Å²) in [5.41, 5.74) is 30.3. The molecule has 5 aliphatic rings. The first-order valence-electron chi connectivity index (χ1n) is 32.2. The minimum Gasteiger partial charge on any atom is -0.378 e. The van der Waals surface area contributed by atoms with Crippen molar-refractivity contribution in [2.24, 2.45) is 0 Å². The number of aromatic amines is 4. The van der Waals surface area contributed by atoms with Crippen molar-refractivity contribution in [2.45, 2.75) is 71.0 Å². The molecule has 454 valence electrons. The lowest BCUT2D eigenvalue weighted by Gasteiger charge is -2.23. The van der Waals surface area contributed by atoms with Crippen LogP contribution in [0.2, 0.25) is 0 Å². The van der Waals surface area contributed by atoms with E-state index in [0.29, 0.717) is 12.8 Å². The van der Waals surface area contributed by atoms with Crippen molar-refractivity contribution < 1.29 is 9.47 Å². The molecule has 0 fully saturated rings. The zero-order chi connectivity index (χ0) is 63.0. The molecule has 4 aliphatic heterocycles. The Morgan fingerprint density at radius 2 is 0.763 bits per heavy atom. The third-order valence-electron chi connectivity index (χ3n) is 19.0. The van der Waals surface area contributed by atoms with Crippen LogP contribution in [0.3, 0.4) is 0 Å². The molecule has 16 rings (SSSR count). The lowest BCUT2D eigenvalue weighted by Crippen LogP contribution is -2.26. The zero-order valence-corrected chi connectivity index (χ0v) is 53.1. The monoisotopic (exact) mass is 1210 g/mol. The molecule has 6 aromatic heterocycles. The summed E-state index contributed by atoms with van der Waals surface area (Å²) in [5, 5.41) is 0. The van der Waals surface area contributed by atoms with E-state index >= 15 is 0 Å². The van der Waals surface area contributed by atoms with Crippen LogP contribution in [0.5, 0.6) is 0 Å². The van der Waals surface area contributed by atoms with Gasteiger partial charge < -0.3 is 29.4 Å². The van der Waals surface area contributed by atoms with Gasteiger partial charge >= 0.3 is 0 Å². The van der Waals surface area contributed by atoms with E-state index in [1.807, 2.05) is 0 Å². The third-order valence-corrected chi connectivity index (χ3v) is 19.0. The number of rotatable bonds is 12. The highest BCUT2D eigenvalue weighted by Crippen LogP contribution is 2.47. The van der Waals surface area contributed by atoms with Crippen molar-refractivity contribution in [3.63, 3.8) is 0 Å². The van der Waals surface area contributed by atoms with E-state index in [9.17, 15) is 0 Å². The Kier molecular flexibility index (Phi) is 14.3. The average molecular weight is 1210 g/mol. The minimum absolute atomic E-state index is 0.505. The number of ether oxygens (including phenoxy) is 2. The third kappa shape index (κ3) is 10.7. The number of hydrogen-bond acceptors (Lipinski definition) is 6. The normalized spacial score (nSPS) is 13.5. The SMILES string of the molecule is COC(C)(C)Cc1c2nc(c(-c3cc4c(cc3C3=Cc5nc3c(-c3ccccc3)c3ccc([nH]3)c(-c3ccccc3)c3nc(c(-c6ccccc6)c6ccc([nH]6)c5-c5ccccc5)C=C3)CCC4)c3ccc([nH]3)c(CC(C)(C)OC)c3nc(cc4ccc1[nH]4)C=C3)C=C2. The highest BCUT2D eigenvalue weighted by molar-refractivity contribution is 6.09. The van der Waals surface area contributed by atoms with Crippen molar-refractivity contribution in [2.75, 3.05) is 14.2 Å². The predicted octanol–water partition coefficient (Wildman–Crippen LogP) is 19.8. The minimum atomic E-state index is -0.505. The maximum Gasteiger partial charge on any atom is 0.0815 e. The molecular formula is C83H70N8O2. The topological polar surface area (TPSA) is 133 Å². The molecule has 16 bridgehead atoms. The molecule has 0 saturated carbocycles. The van der Waals surface area contributed by atoms with Crippen LogP contribution in [0.4, 0.5) is 0 Å². The number of aryl methyl sites for hydroxylation is 2. The molecule has 0 unspecified atom stereocenters. The molecule has 93 heavy (non-hydrogen) atoms. The number of nitrogens with one attached hydrogen (secondary N) is 4. The van der Waals surface area contributed by atoms with E-state index in [4.69, 9.17) is 29.4 Å². The number of aromatic nitrogens is 8. The Balaban J connectivity index is 1.07. The second-order valence-electron chi connectivity index (χ2n) is 26.0. The highest BCUT2D eigenvalue weighted by Gasteiger charge is 2.30. The molecule has 1 aliphatic carbocycles. The fraction of sp³-hybridized carbons (Fsp3) is 0.157. The zero-order valence-electron chi connectivity index (χ0n) is 53.1. The smallest absolute Gasteiger partial charge is 0.0815 e. The highest BCUT2D eigenvalue weighted by atomic mass is 16.5. The first-order chi connectivity index (χ1) is 45.4. The lowest BCUT2D eigenvalue weighted by molar-refractivity contribution is 0.0230. The molecule has 11 aromatic rings. The lowest BCUT2D eigenvalue weighted by atomic mass is 9.87. The van der Waals surface area contributed by atoms with Crippen molar-refractivity contribution >= 4 is 92.2 Å². The standard InChI is InChI=1S/C83H70N8O2/c1-82(2,92-5)48-61-63-32-30-56(84-63)46-57-31-33-64(85-57)62(49-83(3,4)93-6)66-35-37-74(87-66)80(73-36-34-65(61)86-73)59-45-55-29-19-28-54(55)44-58(59)60-47-75-78(52-24-15-9-16-25-52)71-41-40-69(89-71)76(50-20-11-7-12-21-50)67-38-39-68(88-67)77(51-22-13-8-14-23-51)70-42-43-72(90-70)79(81(60)91-75)53-26-17-10-18-27-53/h7-18,20-27,30-47,84,87,89-90H,19,28-29,48-49H2,1-6H3. The molecule has 0 spiro atoms. The van der Waals surface area contributed by atoms with E-state index in [2.05, 4.69) is 278 Å². The molecule has 0 saturated heterocycles. The van der Waals surface area contributed by atoms with Gasteiger partial charge in [0, 0.05) is 116 Å². The summed E-state index contributed by atoms with van der Waals surface area (Å²) < 4.78 is 12.4. The molecule has 0 amide bonds. The van der Waals surface area contributed by atoms with Gasteiger partial charge in [0.05, 0.1) is 56.8 Å². The van der Waals surface area contributed by atoms with Crippen LogP contribution >= 0.6 is 0 Å². The number of benzene rings is 5. The summed E-state index contributed by atoms with van der Waals surface area (Å²) in [6.07, 6.45) is 19.5. The molecule has 10 nitrogen and oxygen atoms in total. The van der Waals surface area contributed by atoms with Gasteiger partial charge in [-0.1, -0.05) is 133 Å². The second-order valence-corrected chi connectivity index (χ2v) is 26.0. The van der Waals surface area contributed by atoms with Gasteiger partial charge in [-0.05, 0) is 189 Å². The van der Waals surface area contributed by atoms with Gasteiger partial charge in [-0.15, -0.1) is 0 Å². The van der Waals surface area contributed by atoms with Crippen molar-refractivity contribution in [1.29, 1.82) is 0 Å². The number of methoxy groups -OCH3 is 2. The Morgan fingerprint density at radius 1 is 0.366 bits per heavy atom. The Hall–Kier alpha value is -10.8. The molecule has 0 radical (unpaired) electrons. The second kappa shape index (κ2) is 23.2. The van der Waals surface area contributed by atoms with Crippen molar-refractivity contribution in [3.05, 3.63) is 261 Å². The van der Waals surface area contributed by atoms with Crippen molar-refractivity contribution in [1.82, 2.24) is 39.9 Å². The Bertz CT molecular complexity index is 5290. The van der Waals surface area contributed by atoms with Gasteiger partial charge in [0.15, 0.2) is 0 Å². The van der Waals surface area contributed by atoms with Crippen LogP contribution in [0.25, 0.3) is 148 Å². The summed E-state index contributed by atoms with van der Waals surface area (Å²) in [5.74, 6) is 0. The van der Waals surface area contributed by atoms with Gasteiger partial charge in [0.25, 0.3) is 0 Å². The van der Waals surface area contributed by atoms with Crippen LogP contribution in [-0.4, -0.2) is 65.3 Å². The summed E-state index contributed by atoms with van der Waals surface area (Å²) in [6, 6.07) is 67.3. The fourth-order valence-corrected chi connectivity index (χ4v) is 14.1. The van der Waals surface area contributed by atoms with E-state index in [0.717, 1.165) is 187 Å². The number of hydrogen-bond donors (Lipinski definition) is 4. The summed E-state index contributed by atoms with van der Waals surface area (Å²) >= 11 is 0. The fourth-order valence-electron chi connectivity index (χ4n) is 14.1. The number of H-pyrrole nitrogens is 4. The quantitative estimate of drug-likeness (QED) is 0.0963. The van der Waals surface area contributed by atoms with Gasteiger partial charge in [0.2, 0.25) is 0 Å². The van der Waals surface area contributed by atoms with Crippen molar-refractivity contribution in [3.8, 4) is 55.6 Å². The van der Waals surface area contributed by atoms with Crippen LogP contribution < -0.4 is 0 Å². The van der Waals surface area contributed by atoms with E-state index < -0.39 is 11.2 Å². The first kappa shape index (κ1) is 57.4. The summed E-state index contributed by atoms with van der Waals surface area (Å²) in [4.78, 5) is 38.7. The van der Waals surface area contributed by atoms with Gasteiger partial charge in [-0.2, -0.15) is 0 Å². The largest absolute Gasteiger partial charge is 0.378 e. The Morgan fingerprint density at radius 3 is 1.30 bits per heavy atom.